The molecule has 0 spiro atoms. The van der Waals surface area contributed by atoms with E-state index in [1.165, 1.54) is 12.0 Å². The van der Waals surface area contributed by atoms with E-state index in [0.717, 1.165) is 88.6 Å². The number of piperazine rings is 1. The highest BCUT2D eigenvalue weighted by Gasteiger charge is 2.31. The second-order valence-corrected chi connectivity index (χ2v) is 8.67. The van der Waals surface area contributed by atoms with Gasteiger partial charge in [-0.3, -0.25) is 14.6 Å². The lowest BCUT2D eigenvalue weighted by Crippen LogP contribution is -2.55. The maximum Gasteiger partial charge on any atom is 0.249 e. The smallest absolute Gasteiger partial charge is 0.249 e. The molecule has 0 aromatic heterocycles. The van der Waals surface area contributed by atoms with E-state index in [1.54, 1.807) is 0 Å². The molecule has 1 aromatic carbocycles. The molecule has 0 bridgehead atoms. The van der Waals surface area contributed by atoms with Gasteiger partial charge in [-0.2, -0.15) is 0 Å². The number of likely N-dealkylation sites (tertiary alicyclic amines) is 1. The van der Waals surface area contributed by atoms with Crippen LogP contribution in [-0.2, 0) is 11.3 Å². The predicted molar refractivity (Wildman–Crippen MR) is 111 cm³/mol. The molecule has 3 aliphatic heterocycles. The van der Waals surface area contributed by atoms with Gasteiger partial charge in [0.15, 0.2) is 11.5 Å². The summed E-state index contributed by atoms with van der Waals surface area (Å²) in [7, 11) is 0. The third-order valence-electron chi connectivity index (χ3n) is 6.77. The van der Waals surface area contributed by atoms with Crippen molar-refractivity contribution in [3.63, 3.8) is 0 Å². The van der Waals surface area contributed by atoms with Crippen molar-refractivity contribution in [2.75, 3.05) is 46.1 Å². The van der Waals surface area contributed by atoms with Crippen molar-refractivity contribution in [3.05, 3.63) is 35.4 Å². The number of allylic oxidation sites excluding steroid dienone is 1. The molecule has 0 saturated carbocycles. The minimum absolute atomic E-state index is 0.300. The Bertz CT molecular complexity index is 786. The maximum atomic E-state index is 12.8. The fourth-order valence-electron chi connectivity index (χ4n) is 5.09. The second-order valence-electron chi connectivity index (χ2n) is 8.67. The molecule has 1 aliphatic carbocycles. The van der Waals surface area contributed by atoms with Crippen molar-refractivity contribution in [3.8, 4) is 11.5 Å². The Kier molecular flexibility index (Phi) is 5.46. The van der Waals surface area contributed by atoms with E-state index in [4.69, 9.17) is 9.47 Å². The number of piperidine rings is 1. The molecule has 6 nitrogen and oxygen atoms in total. The van der Waals surface area contributed by atoms with E-state index in [2.05, 4.69) is 32.9 Å². The first-order valence-corrected chi connectivity index (χ1v) is 11.1. The first kappa shape index (κ1) is 18.9. The molecule has 1 unspecified atom stereocenters. The Morgan fingerprint density at radius 2 is 1.90 bits per heavy atom. The number of rotatable bonds is 4. The minimum atomic E-state index is 0.300. The second kappa shape index (κ2) is 8.36. The van der Waals surface area contributed by atoms with Crippen molar-refractivity contribution < 1.29 is 14.3 Å². The van der Waals surface area contributed by atoms with E-state index in [-0.39, 0.29) is 0 Å². The highest BCUT2D eigenvalue weighted by atomic mass is 16.7. The molecule has 3 heterocycles. The summed E-state index contributed by atoms with van der Waals surface area (Å²) in [4.78, 5) is 20.0. The molecule has 1 amide bonds. The van der Waals surface area contributed by atoms with Crippen molar-refractivity contribution >= 4 is 5.91 Å². The molecule has 5 rings (SSSR count). The summed E-state index contributed by atoms with van der Waals surface area (Å²) in [5.74, 6) is 2.02. The highest BCUT2D eigenvalue weighted by molar-refractivity contribution is 5.93. The Labute approximate surface area is 173 Å². The highest BCUT2D eigenvalue weighted by Crippen LogP contribution is 2.33. The average molecular weight is 398 g/mol. The molecule has 1 aromatic rings. The minimum Gasteiger partial charge on any atom is -0.454 e. The number of carbonyl (C=O) groups is 1. The van der Waals surface area contributed by atoms with E-state index in [0.29, 0.717) is 18.7 Å². The first-order valence-electron chi connectivity index (χ1n) is 11.1. The summed E-state index contributed by atoms with van der Waals surface area (Å²) in [6.45, 7) is 7.42. The number of nitrogens with zero attached hydrogens (tertiary/aromatic N) is 3. The van der Waals surface area contributed by atoms with Gasteiger partial charge in [-0.25, -0.2) is 0 Å². The topological polar surface area (TPSA) is 45.3 Å². The third-order valence-corrected chi connectivity index (χ3v) is 6.77. The lowest BCUT2D eigenvalue weighted by molar-refractivity contribution is -0.129. The molecule has 0 radical (unpaired) electrons. The lowest BCUT2D eigenvalue weighted by Gasteiger charge is -2.43. The van der Waals surface area contributed by atoms with Gasteiger partial charge in [0.25, 0.3) is 0 Å². The molecule has 2 saturated heterocycles. The molecule has 0 N–H and O–H groups in total. The largest absolute Gasteiger partial charge is 0.454 e. The van der Waals surface area contributed by atoms with Gasteiger partial charge in [-0.15, -0.1) is 0 Å². The van der Waals surface area contributed by atoms with Crippen LogP contribution < -0.4 is 9.47 Å². The van der Waals surface area contributed by atoms with Gasteiger partial charge in [0.2, 0.25) is 12.7 Å². The average Bonchev–Trinajstić information content (AvgIpc) is 3.46. The fraction of sp³-hybridized carbons (Fsp3) is 0.609. The summed E-state index contributed by atoms with van der Waals surface area (Å²) < 4.78 is 10.9. The predicted octanol–water partition coefficient (Wildman–Crippen LogP) is 2.63. The van der Waals surface area contributed by atoms with E-state index < -0.39 is 0 Å². The zero-order valence-electron chi connectivity index (χ0n) is 17.1. The molecule has 2 fully saturated rings. The van der Waals surface area contributed by atoms with Crippen LogP contribution in [0, 0.1) is 0 Å². The first-order chi connectivity index (χ1) is 14.3. The standard InChI is InChI=1S/C23H31N3O3/c27-23(19-4-1-2-5-19)26-9-3-6-20(16-26)25-12-10-24(11-13-25)15-18-7-8-21-22(14-18)29-17-28-21/h4,7-8,14,20H,1-3,5-6,9-13,15-17H2. The summed E-state index contributed by atoms with van der Waals surface area (Å²) in [6, 6.07) is 6.78. The number of hydrogen-bond acceptors (Lipinski definition) is 5. The number of ether oxygens (including phenoxy) is 2. The van der Waals surface area contributed by atoms with Gasteiger partial charge < -0.3 is 14.4 Å². The van der Waals surface area contributed by atoms with Crippen molar-refractivity contribution in [2.24, 2.45) is 0 Å². The molecule has 29 heavy (non-hydrogen) atoms. The molecule has 6 heteroatoms. The summed E-state index contributed by atoms with van der Waals surface area (Å²) in [5, 5.41) is 0. The van der Waals surface area contributed by atoms with Crippen LogP contribution in [0.2, 0.25) is 0 Å². The summed E-state index contributed by atoms with van der Waals surface area (Å²) >= 11 is 0. The van der Waals surface area contributed by atoms with E-state index >= 15 is 0 Å². The van der Waals surface area contributed by atoms with Crippen molar-refractivity contribution in [1.29, 1.82) is 0 Å². The van der Waals surface area contributed by atoms with Crippen LogP contribution in [0.5, 0.6) is 11.5 Å². The van der Waals surface area contributed by atoms with Crippen LogP contribution >= 0.6 is 0 Å². The van der Waals surface area contributed by atoms with Crippen LogP contribution in [0.25, 0.3) is 0 Å². The van der Waals surface area contributed by atoms with Crippen LogP contribution in [0.4, 0.5) is 0 Å². The number of fused-ring (bicyclic) bond motifs is 1. The Hall–Kier alpha value is -2.05. The Morgan fingerprint density at radius 1 is 1.03 bits per heavy atom. The molecule has 1 atom stereocenters. The van der Waals surface area contributed by atoms with E-state index in [9.17, 15) is 4.79 Å². The Morgan fingerprint density at radius 3 is 2.72 bits per heavy atom. The van der Waals surface area contributed by atoms with Gasteiger partial charge in [-0.05, 0) is 49.8 Å². The Balaban J connectivity index is 1.13. The fourth-order valence-corrected chi connectivity index (χ4v) is 5.09. The van der Waals surface area contributed by atoms with Crippen molar-refractivity contribution in [1.82, 2.24) is 14.7 Å². The molecular formula is C23H31N3O3. The normalized spacial score (nSPS) is 25.3. The zero-order valence-corrected chi connectivity index (χ0v) is 17.1. The lowest BCUT2D eigenvalue weighted by atomic mass is 10.0. The third kappa shape index (κ3) is 4.14. The van der Waals surface area contributed by atoms with Gasteiger partial charge >= 0.3 is 0 Å². The quantitative estimate of drug-likeness (QED) is 0.782. The van der Waals surface area contributed by atoms with Crippen LogP contribution in [-0.4, -0.2) is 72.7 Å². The van der Waals surface area contributed by atoms with Gasteiger partial charge in [0, 0.05) is 57.4 Å². The van der Waals surface area contributed by atoms with Gasteiger partial charge in [0.05, 0.1) is 0 Å². The van der Waals surface area contributed by atoms with Crippen LogP contribution in [0.15, 0.2) is 29.8 Å². The SMILES string of the molecule is O=C(C1=CCCC1)N1CCCC(N2CCN(Cc3ccc4c(c3)OCO4)CC2)C1. The van der Waals surface area contributed by atoms with Crippen LogP contribution in [0.3, 0.4) is 0 Å². The zero-order chi connectivity index (χ0) is 19.6. The monoisotopic (exact) mass is 397 g/mol. The summed E-state index contributed by atoms with van der Waals surface area (Å²) in [5.41, 5.74) is 2.33. The maximum absolute atomic E-state index is 12.8. The molecular weight excluding hydrogens is 366 g/mol. The number of amides is 1. The molecule has 156 valence electrons. The van der Waals surface area contributed by atoms with Gasteiger partial charge in [0.1, 0.15) is 0 Å². The number of benzene rings is 1. The number of carbonyl (C=O) groups excluding carboxylic acids is 1. The number of hydrogen-bond donors (Lipinski definition) is 0. The van der Waals surface area contributed by atoms with Crippen LogP contribution in [0.1, 0.15) is 37.7 Å². The van der Waals surface area contributed by atoms with Crippen molar-refractivity contribution in [2.45, 2.75) is 44.7 Å². The molecule has 4 aliphatic rings. The van der Waals surface area contributed by atoms with E-state index in [1.807, 2.05) is 6.07 Å². The van der Waals surface area contributed by atoms with Gasteiger partial charge in [-0.1, -0.05) is 12.1 Å². The summed E-state index contributed by atoms with van der Waals surface area (Å²) in [6.07, 6.45) is 7.68.